The maximum atomic E-state index is 11.6. The molecule has 2 aromatic rings. The third kappa shape index (κ3) is 4.10. The monoisotopic (exact) mass is 313 g/mol. The molecule has 0 fully saturated rings. The number of nitrogens with one attached hydrogen (secondary N) is 1. The second-order valence-electron chi connectivity index (χ2n) is 5.39. The Balaban J connectivity index is 2.24. The van der Waals surface area contributed by atoms with Gasteiger partial charge in [0.25, 0.3) is 0 Å². The van der Waals surface area contributed by atoms with Gasteiger partial charge < -0.3 is 14.5 Å². The molecule has 1 aromatic carbocycles. The number of imidazole rings is 1. The number of H-pyrrole nitrogens is 1. The van der Waals surface area contributed by atoms with Crippen molar-refractivity contribution in [3.8, 4) is 23.1 Å². The van der Waals surface area contributed by atoms with Crippen molar-refractivity contribution in [2.75, 3.05) is 13.2 Å². The molecule has 0 spiro atoms. The van der Waals surface area contributed by atoms with Crippen LogP contribution in [-0.4, -0.2) is 29.2 Å². The molecular formula is C17H19N3O3. The summed E-state index contributed by atoms with van der Waals surface area (Å²) in [6.07, 6.45) is 1.54. The lowest BCUT2D eigenvalue weighted by Crippen LogP contribution is -2.06. The fourth-order valence-electron chi connectivity index (χ4n) is 1.94. The van der Waals surface area contributed by atoms with Crippen LogP contribution in [0.5, 0.6) is 5.75 Å². The average molecular weight is 313 g/mol. The Morgan fingerprint density at radius 3 is 2.87 bits per heavy atom. The minimum absolute atomic E-state index is 0.139. The van der Waals surface area contributed by atoms with Crippen LogP contribution in [0.1, 0.15) is 37.0 Å². The maximum absolute atomic E-state index is 11.6. The third-order valence-corrected chi connectivity index (χ3v) is 3.03. The highest BCUT2D eigenvalue weighted by molar-refractivity contribution is 5.86. The molecule has 2 rings (SSSR count). The van der Waals surface area contributed by atoms with E-state index in [1.54, 1.807) is 19.1 Å². The minimum Gasteiger partial charge on any atom is -0.492 e. The van der Waals surface area contributed by atoms with Gasteiger partial charge in [0.1, 0.15) is 11.8 Å². The van der Waals surface area contributed by atoms with E-state index in [1.807, 2.05) is 19.9 Å². The number of hydrogen-bond acceptors (Lipinski definition) is 5. The highest BCUT2D eigenvalue weighted by atomic mass is 16.5. The molecule has 0 aliphatic carbocycles. The summed E-state index contributed by atoms with van der Waals surface area (Å²) < 4.78 is 10.5. The maximum Gasteiger partial charge on any atom is 0.374 e. The summed E-state index contributed by atoms with van der Waals surface area (Å²) in [5.74, 6) is 0.563. The van der Waals surface area contributed by atoms with Gasteiger partial charge in [-0.1, -0.05) is 13.8 Å². The summed E-state index contributed by atoms with van der Waals surface area (Å²) in [5.41, 5.74) is 1.83. The van der Waals surface area contributed by atoms with Crippen LogP contribution >= 0.6 is 0 Å². The van der Waals surface area contributed by atoms with Gasteiger partial charge in [0.05, 0.1) is 30.7 Å². The molecule has 0 saturated heterocycles. The second-order valence-corrected chi connectivity index (χ2v) is 5.39. The molecule has 0 amide bonds. The molecule has 1 N–H and O–H groups in total. The van der Waals surface area contributed by atoms with E-state index in [9.17, 15) is 10.1 Å². The fraction of sp³-hybridized carbons (Fsp3) is 0.353. The van der Waals surface area contributed by atoms with Gasteiger partial charge in [0.15, 0.2) is 0 Å². The molecule has 0 aliphatic rings. The van der Waals surface area contributed by atoms with E-state index < -0.39 is 5.97 Å². The van der Waals surface area contributed by atoms with Crippen molar-refractivity contribution in [2.45, 2.75) is 20.8 Å². The number of nitriles is 1. The molecule has 6 heteroatoms. The Kier molecular flexibility index (Phi) is 5.36. The molecule has 23 heavy (non-hydrogen) atoms. The Morgan fingerprint density at radius 2 is 2.22 bits per heavy atom. The molecule has 0 saturated carbocycles. The molecule has 0 radical (unpaired) electrons. The third-order valence-electron chi connectivity index (χ3n) is 3.03. The zero-order chi connectivity index (χ0) is 16.8. The number of aromatic nitrogens is 2. The number of ether oxygens (including phenoxy) is 2. The predicted molar refractivity (Wildman–Crippen MR) is 85.0 cm³/mol. The average Bonchev–Trinajstić information content (AvgIpc) is 3.03. The number of carbonyl (C=O) groups is 1. The first-order valence-corrected chi connectivity index (χ1v) is 7.44. The largest absolute Gasteiger partial charge is 0.492 e. The summed E-state index contributed by atoms with van der Waals surface area (Å²) in [6, 6.07) is 7.40. The topological polar surface area (TPSA) is 88.0 Å². The molecule has 0 aliphatic heterocycles. The molecule has 1 aromatic heterocycles. The van der Waals surface area contributed by atoms with Crippen LogP contribution in [0.4, 0.5) is 0 Å². The van der Waals surface area contributed by atoms with Crippen LogP contribution in [-0.2, 0) is 4.74 Å². The van der Waals surface area contributed by atoms with Crippen molar-refractivity contribution in [1.29, 1.82) is 5.26 Å². The highest BCUT2D eigenvalue weighted by Gasteiger charge is 2.13. The normalized spacial score (nSPS) is 10.4. The second kappa shape index (κ2) is 7.45. The number of nitrogens with zero attached hydrogens (tertiary/aromatic N) is 2. The van der Waals surface area contributed by atoms with E-state index in [-0.39, 0.29) is 12.4 Å². The SMILES string of the molecule is CCOC(=O)c1ncc(-c2ccc(OCC(C)C)c(C#N)c2)[nH]1. The minimum atomic E-state index is -0.504. The summed E-state index contributed by atoms with van der Waals surface area (Å²) in [6.45, 7) is 6.65. The van der Waals surface area contributed by atoms with Gasteiger partial charge >= 0.3 is 5.97 Å². The summed E-state index contributed by atoms with van der Waals surface area (Å²) >= 11 is 0. The van der Waals surface area contributed by atoms with Crippen molar-refractivity contribution in [1.82, 2.24) is 9.97 Å². The summed E-state index contributed by atoms with van der Waals surface area (Å²) in [4.78, 5) is 18.5. The van der Waals surface area contributed by atoms with Crippen molar-refractivity contribution >= 4 is 5.97 Å². The van der Waals surface area contributed by atoms with Crippen molar-refractivity contribution in [2.24, 2.45) is 5.92 Å². The molecule has 0 atom stereocenters. The first-order chi connectivity index (χ1) is 11.0. The van der Waals surface area contributed by atoms with Crippen LogP contribution in [0.2, 0.25) is 0 Å². The molecule has 0 bridgehead atoms. The molecular weight excluding hydrogens is 294 g/mol. The number of hydrogen-bond donors (Lipinski definition) is 1. The van der Waals surface area contributed by atoms with Crippen molar-refractivity contribution in [3.05, 3.63) is 35.8 Å². The van der Waals surface area contributed by atoms with E-state index in [0.29, 0.717) is 29.5 Å². The Morgan fingerprint density at radius 1 is 1.43 bits per heavy atom. The zero-order valence-corrected chi connectivity index (χ0v) is 13.4. The fourth-order valence-corrected chi connectivity index (χ4v) is 1.94. The van der Waals surface area contributed by atoms with E-state index >= 15 is 0 Å². The number of esters is 1. The lowest BCUT2D eigenvalue weighted by molar-refractivity contribution is 0.0513. The zero-order valence-electron chi connectivity index (χ0n) is 13.4. The van der Waals surface area contributed by atoms with Gasteiger partial charge in [0, 0.05) is 5.56 Å². The van der Waals surface area contributed by atoms with Crippen LogP contribution in [0.3, 0.4) is 0 Å². The van der Waals surface area contributed by atoms with Gasteiger partial charge in [-0.05, 0) is 31.0 Å². The first-order valence-electron chi connectivity index (χ1n) is 7.44. The lowest BCUT2D eigenvalue weighted by Gasteiger charge is -2.10. The number of benzene rings is 1. The Hall–Kier alpha value is -2.81. The lowest BCUT2D eigenvalue weighted by atomic mass is 10.1. The summed E-state index contributed by atoms with van der Waals surface area (Å²) in [5, 5.41) is 9.29. The van der Waals surface area contributed by atoms with Crippen LogP contribution < -0.4 is 4.74 Å². The molecule has 120 valence electrons. The van der Waals surface area contributed by atoms with Gasteiger partial charge in [-0.15, -0.1) is 0 Å². The van der Waals surface area contributed by atoms with E-state index in [0.717, 1.165) is 5.56 Å². The Labute approximate surface area is 135 Å². The van der Waals surface area contributed by atoms with Crippen LogP contribution in [0.15, 0.2) is 24.4 Å². The predicted octanol–water partition coefficient (Wildman–Crippen LogP) is 3.16. The van der Waals surface area contributed by atoms with Gasteiger partial charge in [-0.2, -0.15) is 5.26 Å². The number of carbonyl (C=O) groups excluding carboxylic acids is 1. The molecule has 1 heterocycles. The first kappa shape index (κ1) is 16.6. The highest BCUT2D eigenvalue weighted by Crippen LogP contribution is 2.25. The van der Waals surface area contributed by atoms with Crippen LogP contribution in [0.25, 0.3) is 11.3 Å². The van der Waals surface area contributed by atoms with Crippen molar-refractivity contribution < 1.29 is 14.3 Å². The smallest absolute Gasteiger partial charge is 0.374 e. The van der Waals surface area contributed by atoms with Crippen molar-refractivity contribution in [3.63, 3.8) is 0 Å². The Bertz CT molecular complexity index is 729. The van der Waals surface area contributed by atoms with E-state index in [2.05, 4.69) is 16.0 Å². The van der Waals surface area contributed by atoms with Gasteiger partial charge in [-0.25, -0.2) is 9.78 Å². The van der Waals surface area contributed by atoms with Gasteiger partial charge in [-0.3, -0.25) is 0 Å². The quantitative estimate of drug-likeness (QED) is 0.828. The van der Waals surface area contributed by atoms with Gasteiger partial charge in [0.2, 0.25) is 5.82 Å². The number of aromatic amines is 1. The van der Waals surface area contributed by atoms with E-state index in [4.69, 9.17) is 9.47 Å². The summed E-state index contributed by atoms with van der Waals surface area (Å²) in [7, 11) is 0. The van der Waals surface area contributed by atoms with Crippen LogP contribution in [0, 0.1) is 17.2 Å². The number of rotatable bonds is 6. The molecule has 0 unspecified atom stereocenters. The van der Waals surface area contributed by atoms with E-state index in [1.165, 1.54) is 6.20 Å². The standard InChI is InChI=1S/C17H19N3O3/c1-4-22-17(21)16-19-9-14(20-16)12-5-6-15(13(7-12)8-18)23-10-11(2)3/h5-7,9,11H,4,10H2,1-3H3,(H,19,20). The molecule has 6 nitrogen and oxygen atoms in total.